The third kappa shape index (κ3) is 2.61. The van der Waals surface area contributed by atoms with Crippen LogP contribution in [0.2, 0.25) is 0 Å². The zero-order valence-electron chi connectivity index (χ0n) is 9.59. The maximum atomic E-state index is 12.0. The van der Waals surface area contributed by atoms with Crippen molar-refractivity contribution in [3.8, 4) is 5.75 Å². The van der Waals surface area contributed by atoms with E-state index in [9.17, 15) is 9.59 Å². The Kier molecular flexibility index (Phi) is 3.81. The number of ether oxygens (including phenoxy) is 1. The van der Waals surface area contributed by atoms with Gasteiger partial charge in [0.15, 0.2) is 0 Å². The lowest BCUT2D eigenvalue weighted by atomic mass is 10.3. The highest BCUT2D eigenvalue weighted by atomic mass is 127. The Morgan fingerprint density at radius 3 is 2.56 bits per heavy atom. The minimum absolute atomic E-state index is 0.0597. The standard InChI is InChI=1S/C13H10INO3/c1-15-8-7-10(14)11(12(15)16)13(17)18-9-5-3-2-4-6-9/h2-8H,1H3. The number of hydrogen-bond acceptors (Lipinski definition) is 3. The molecule has 0 amide bonds. The zero-order chi connectivity index (χ0) is 13.1. The second-order valence-corrected chi connectivity index (χ2v) is 4.82. The highest BCUT2D eigenvalue weighted by molar-refractivity contribution is 14.1. The first-order valence-electron chi connectivity index (χ1n) is 5.22. The molecular weight excluding hydrogens is 345 g/mol. The summed E-state index contributed by atoms with van der Waals surface area (Å²) in [4.78, 5) is 23.8. The molecule has 1 aromatic heterocycles. The molecule has 0 atom stereocenters. The minimum Gasteiger partial charge on any atom is -0.423 e. The molecule has 0 unspecified atom stereocenters. The van der Waals surface area contributed by atoms with Gasteiger partial charge in [0.05, 0.1) is 0 Å². The third-order valence-corrected chi connectivity index (χ3v) is 3.27. The summed E-state index contributed by atoms with van der Waals surface area (Å²) in [5, 5.41) is 0. The first kappa shape index (κ1) is 12.8. The summed E-state index contributed by atoms with van der Waals surface area (Å²) in [5.74, 6) is -0.212. The van der Waals surface area contributed by atoms with Crippen molar-refractivity contribution in [2.24, 2.45) is 7.05 Å². The highest BCUT2D eigenvalue weighted by Crippen LogP contribution is 2.13. The lowest BCUT2D eigenvalue weighted by molar-refractivity contribution is 0.0731. The number of aromatic nitrogens is 1. The summed E-state index contributed by atoms with van der Waals surface area (Å²) in [6.07, 6.45) is 1.61. The van der Waals surface area contributed by atoms with Gasteiger partial charge < -0.3 is 9.30 Å². The first-order valence-corrected chi connectivity index (χ1v) is 6.30. The van der Waals surface area contributed by atoms with Crippen LogP contribution in [0.1, 0.15) is 10.4 Å². The van der Waals surface area contributed by atoms with E-state index in [2.05, 4.69) is 0 Å². The summed E-state index contributed by atoms with van der Waals surface area (Å²) in [6.45, 7) is 0. The number of esters is 1. The molecule has 1 aromatic carbocycles. The van der Waals surface area contributed by atoms with Crippen LogP contribution in [0.3, 0.4) is 0 Å². The molecule has 4 nitrogen and oxygen atoms in total. The summed E-state index contributed by atoms with van der Waals surface area (Å²) < 4.78 is 7.09. The molecular formula is C13H10INO3. The molecule has 0 spiro atoms. The normalized spacial score (nSPS) is 10.1. The summed E-state index contributed by atoms with van der Waals surface area (Å²) in [5.41, 5.74) is -0.299. The maximum absolute atomic E-state index is 12.0. The number of hydrogen-bond donors (Lipinski definition) is 0. The van der Waals surface area contributed by atoms with Gasteiger partial charge in [0.1, 0.15) is 11.3 Å². The average molecular weight is 355 g/mol. The fourth-order valence-corrected chi connectivity index (χ4v) is 2.05. The second-order valence-electron chi connectivity index (χ2n) is 3.66. The van der Waals surface area contributed by atoms with E-state index in [1.54, 1.807) is 43.6 Å². The van der Waals surface area contributed by atoms with Crippen LogP contribution >= 0.6 is 22.6 Å². The van der Waals surface area contributed by atoms with Crippen LogP contribution in [-0.4, -0.2) is 10.5 Å². The molecule has 0 aliphatic heterocycles. The predicted octanol–water partition coefficient (Wildman–Crippen LogP) is 2.21. The van der Waals surface area contributed by atoms with Gasteiger partial charge in [0.25, 0.3) is 5.56 Å². The molecule has 5 heteroatoms. The lowest BCUT2D eigenvalue weighted by Gasteiger charge is -2.06. The van der Waals surface area contributed by atoms with Crippen molar-refractivity contribution in [2.75, 3.05) is 0 Å². The molecule has 92 valence electrons. The molecule has 2 rings (SSSR count). The molecule has 0 fully saturated rings. The Labute approximate surface area is 117 Å². The fraction of sp³-hybridized carbons (Fsp3) is 0.0769. The molecule has 1 heterocycles. The Balaban J connectivity index is 2.36. The number of halogens is 1. The number of aryl methyl sites for hydroxylation is 1. The molecule has 18 heavy (non-hydrogen) atoms. The SMILES string of the molecule is Cn1ccc(I)c(C(=O)Oc2ccccc2)c1=O. The van der Waals surface area contributed by atoms with E-state index in [0.717, 1.165) is 0 Å². The number of nitrogens with zero attached hydrogens (tertiary/aromatic N) is 1. The molecule has 0 bridgehead atoms. The van der Waals surface area contributed by atoms with E-state index in [1.807, 2.05) is 28.7 Å². The van der Waals surface area contributed by atoms with Crippen LogP contribution in [0.25, 0.3) is 0 Å². The van der Waals surface area contributed by atoms with Crippen molar-refractivity contribution in [3.05, 3.63) is 62.1 Å². The smallest absolute Gasteiger partial charge is 0.350 e. The Bertz CT molecular complexity index is 634. The van der Waals surface area contributed by atoms with E-state index in [-0.39, 0.29) is 11.1 Å². The molecule has 0 saturated carbocycles. The van der Waals surface area contributed by atoms with Crippen molar-refractivity contribution in [1.82, 2.24) is 4.57 Å². The number of carbonyl (C=O) groups excluding carboxylic acids is 1. The van der Waals surface area contributed by atoms with E-state index < -0.39 is 5.97 Å². The maximum Gasteiger partial charge on any atom is 0.350 e. The molecule has 0 N–H and O–H groups in total. The molecule has 0 radical (unpaired) electrons. The summed E-state index contributed by atoms with van der Waals surface area (Å²) in [7, 11) is 1.59. The monoisotopic (exact) mass is 355 g/mol. The van der Waals surface area contributed by atoms with Gasteiger partial charge >= 0.3 is 5.97 Å². The van der Waals surface area contributed by atoms with Gasteiger partial charge in [-0.05, 0) is 40.8 Å². The van der Waals surface area contributed by atoms with E-state index in [4.69, 9.17) is 4.74 Å². The molecule has 0 saturated heterocycles. The van der Waals surface area contributed by atoms with Crippen LogP contribution in [-0.2, 0) is 7.05 Å². The van der Waals surface area contributed by atoms with E-state index >= 15 is 0 Å². The fourth-order valence-electron chi connectivity index (χ4n) is 1.44. The third-order valence-electron chi connectivity index (χ3n) is 2.38. The molecule has 2 aromatic rings. The van der Waals surface area contributed by atoms with Crippen molar-refractivity contribution in [3.63, 3.8) is 0 Å². The van der Waals surface area contributed by atoms with Gasteiger partial charge in [-0.1, -0.05) is 18.2 Å². The van der Waals surface area contributed by atoms with Gasteiger partial charge in [-0.15, -0.1) is 0 Å². The van der Waals surface area contributed by atoms with Crippen molar-refractivity contribution in [1.29, 1.82) is 0 Å². The van der Waals surface area contributed by atoms with Crippen molar-refractivity contribution in [2.45, 2.75) is 0 Å². The van der Waals surface area contributed by atoms with E-state index in [1.165, 1.54) is 4.57 Å². The number of carbonyl (C=O) groups is 1. The number of rotatable bonds is 2. The Morgan fingerprint density at radius 1 is 1.22 bits per heavy atom. The number of benzene rings is 1. The quantitative estimate of drug-likeness (QED) is 0.472. The van der Waals surface area contributed by atoms with Crippen LogP contribution in [0.15, 0.2) is 47.4 Å². The van der Waals surface area contributed by atoms with Crippen LogP contribution in [0.5, 0.6) is 5.75 Å². The van der Waals surface area contributed by atoms with Gasteiger partial charge in [-0.2, -0.15) is 0 Å². The highest BCUT2D eigenvalue weighted by Gasteiger charge is 2.17. The van der Waals surface area contributed by atoms with Crippen molar-refractivity contribution >= 4 is 28.6 Å². The van der Waals surface area contributed by atoms with E-state index in [0.29, 0.717) is 9.32 Å². The van der Waals surface area contributed by atoms with Gasteiger partial charge in [0.2, 0.25) is 0 Å². The zero-order valence-corrected chi connectivity index (χ0v) is 11.7. The first-order chi connectivity index (χ1) is 8.59. The lowest BCUT2D eigenvalue weighted by Crippen LogP contribution is -2.27. The van der Waals surface area contributed by atoms with Gasteiger partial charge in [-0.3, -0.25) is 4.79 Å². The van der Waals surface area contributed by atoms with Crippen molar-refractivity contribution < 1.29 is 9.53 Å². The van der Waals surface area contributed by atoms with Crippen LogP contribution < -0.4 is 10.3 Å². The molecule has 0 aliphatic rings. The van der Waals surface area contributed by atoms with Gasteiger partial charge in [-0.25, -0.2) is 4.79 Å². The summed E-state index contributed by atoms with van der Waals surface area (Å²) in [6, 6.07) is 10.4. The van der Waals surface area contributed by atoms with Crippen LogP contribution in [0, 0.1) is 3.57 Å². The molecule has 0 aliphatic carbocycles. The van der Waals surface area contributed by atoms with Crippen LogP contribution in [0.4, 0.5) is 0 Å². The number of pyridine rings is 1. The Morgan fingerprint density at radius 2 is 1.89 bits per heavy atom. The second kappa shape index (κ2) is 5.34. The predicted molar refractivity (Wildman–Crippen MR) is 75.8 cm³/mol. The Hall–Kier alpha value is -1.63. The largest absolute Gasteiger partial charge is 0.423 e. The number of para-hydroxylation sites is 1. The summed E-state index contributed by atoms with van der Waals surface area (Å²) >= 11 is 1.95. The topological polar surface area (TPSA) is 48.3 Å². The minimum atomic E-state index is -0.633. The average Bonchev–Trinajstić information content (AvgIpc) is 2.36. The van der Waals surface area contributed by atoms with Gasteiger partial charge in [0, 0.05) is 16.8 Å².